The molecular weight excluding hydrogens is 188 g/mol. The van der Waals surface area contributed by atoms with Crippen molar-refractivity contribution in [3.8, 4) is 0 Å². The van der Waals surface area contributed by atoms with Crippen molar-refractivity contribution in [2.45, 2.75) is 0 Å². The fraction of sp³-hybridized carbons (Fsp3) is 0.250. The van der Waals surface area contributed by atoms with Gasteiger partial charge in [-0.25, -0.2) is 0 Å². The standard InChI is InChI=1S/2C4H7NO2/c2*1-2-4(7)5-3-6/h2*2,6H,1,3H2,(H,5,7). The molecule has 0 aliphatic rings. The Bertz CT molecular complexity index is 182. The Labute approximate surface area is 81.9 Å². The number of carbonyl (C=O) groups excluding carboxylic acids is 2. The maximum absolute atomic E-state index is 10.0. The average Bonchev–Trinajstić information content (AvgIpc) is 2.19. The van der Waals surface area contributed by atoms with Crippen LogP contribution in [0.5, 0.6) is 0 Å². The van der Waals surface area contributed by atoms with E-state index in [2.05, 4.69) is 23.8 Å². The highest BCUT2D eigenvalue weighted by atomic mass is 16.3. The minimum absolute atomic E-state index is 0.329. The van der Waals surface area contributed by atoms with Gasteiger partial charge in [0.2, 0.25) is 11.8 Å². The van der Waals surface area contributed by atoms with Crippen LogP contribution in [-0.2, 0) is 9.59 Å². The molecule has 0 aromatic heterocycles. The highest BCUT2D eigenvalue weighted by Crippen LogP contribution is 1.60. The summed E-state index contributed by atoms with van der Waals surface area (Å²) in [4.78, 5) is 20.0. The van der Waals surface area contributed by atoms with Gasteiger partial charge < -0.3 is 20.8 Å². The zero-order chi connectivity index (χ0) is 11.4. The molecule has 6 heteroatoms. The van der Waals surface area contributed by atoms with Crippen LogP contribution in [0.4, 0.5) is 0 Å². The van der Waals surface area contributed by atoms with Crippen LogP contribution in [0.25, 0.3) is 0 Å². The van der Waals surface area contributed by atoms with Crippen LogP contribution in [0.3, 0.4) is 0 Å². The van der Waals surface area contributed by atoms with Crippen LogP contribution in [0.1, 0.15) is 0 Å². The topological polar surface area (TPSA) is 98.7 Å². The normalized spacial score (nSPS) is 7.57. The van der Waals surface area contributed by atoms with Gasteiger partial charge in [-0.2, -0.15) is 0 Å². The van der Waals surface area contributed by atoms with Crippen LogP contribution in [0.2, 0.25) is 0 Å². The number of amides is 2. The summed E-state index contributed by atoms with van der Waals surface area (Å²) in [6, 6.07) is 0. The molecular formula is C8H14N2O4. The Hall–Kier alpha value is -1.66. The van der Waals surface area contributed by atoms with Crippen LogP contribution >= 0.6 is 0 Å². The Morgan fingerprint density at radius 2 is 1.29 bits per heavy atom. The van der Waals surface area contributed by atoms with E-state index in [0.717, 1.165) is 12.2 Å². The van der Waals surface area contributed by atoms with E-state index >= 15 is 0 Å². The van der Waals surface area contributed by atoms with Gasteiger partial charge in [-0.05, 0) is 12.2 Å². The van der Waals surface area contributed by atoms with Gasteiger partial charge in [0.1, 0.15) is 13.5 Å². The van der Waals surface area contributed by atoms with Crippen molar-refractivity contribution in [3.63, 3.8) is 0 Å². The fourth-order valence-corrected chi connectivity index (χ4v) is 0.300. The molecule has 0 aliphatic heterocycles. The van der Waals surface area contributed by atoms with Gasteiger partial charge in [0.15, 0.2) is 0 Å². The van der Waals surface area contributed by atoms with Crippen molar-refractivity contribution in [2.24, 2.45) is 0 Å². The maximum atomic E-state index is 10.0. The first-order valence-corrected chi connectivity index (χ1v) is 3.64. The first-order valence-electron chi connectivity index (χ1n) is 3.64. The van der Waals surface area contributed by atoms with Crippen LogP contribution in [-0.4, -0.2) is 35.5 Å². The lowest BCUT2D eigenvalue weighted by Gasteiger charge is -1.89. The lowest BCUT2D eigenvalue weighted by Crippen LogP contribution is -2.20. The van der Waals surface area contributed by atoms with E-state index in [0.29, 0.717) is 0 Å². The Morgan fingerprint density at radius 1 is 1.00 bits per heavy atom. The van der Waals surface area contributed by atoms with Crippen molar-refractivity contribution < 1.29 is 19.8 Å². The molecule has 0 saturated heterocycles. The number of nitrogens with one attached hydrogen (secondary N) is 2. The van der Waals surface area contributed by atoms with Crippen molar-refractivity contribution in [3.05, 3.63) is 25.3 Å². The molecule has 0 atom stereocenters. The number of rotatable bonds is 4. The first kappa shape index (κ1) is 14.8. The summed E-state index contributed by atoms with van der Waals surface area (Å²) >= 11 is 0. The molecule has 0 aliphatic carbocycles. The second kappa shape index (κ2) is 11.3. The van der Waals surface area contributed by atoms with E-state index in [9.17, 15) is 9.59 Å². The summed E-state index contributed by atoms with van der Waals surface area (Å²) in [6.07, 6.45) is 2.19. The number of aliphatic hydroxyl groups is 2. The third-order valence-corrected chi connectivity index (χ3v) is 0.877. The molecule has 0 radical (unpaired) electrons. The SMILES string of the molecule is C=CC(=O)NCO.C=CC(=O)NCO. The van der Waals surface area contributed by atoms with Crippen molar-refractivity contribution in [1.82, 2.24) is 10.6 Å². The number of hydrogen-bond donors (Lipinski definition) is 4. The Balaban J connectivity index is 0. The molecule has 0 spiro atoms. The van der Waals surface area contributed by atoms with E-state index in [4.69, 9.17) is 10.2 Å². The summed E-state index contributed by atoms with van der Waals surface area (Å²) in [6.45, 7) is 5.66. The lowest BCUT2D eigenvalue weighted by molar-refractivity contribution is -0.118. The van der Waals surface area contributed by atoms with E-state index in [1.54, 1.807) is 0 Å². The van der Waals surface area contributed by atoms with Crippen LogP contribution < -0.4 is 10.6 Å². The van der Waals surface area contributed by atoms with E-state index < -0.39 is 0 Å². The van der Waals surface area contributed by atoms with Crippen molar-refractivity contribution in [1.29, 1.82) is 0 Å². The van der Waals surface area contributed by atoms with Gasteiger partial charge in [-0.1, -0.05) is 13.2 Å². The molecule has 14 heavy (non-hydrogen) atoms. The summed E-state index contributed by atoms with van der Waals surface area (Å²) in [5.41, 5.74) is 0. The molecule has 0 fully saturated rings. The largest absolute Gasteiger partial charge is 0.376 e. The third-order valence-electron chi connectivity index (χ3n) is 0.877. The quantitative estimate of drug-likeness (QED) is 0.328. The predicted octanol–water partition coefficient (Wildman–Crippen LogP) is -1.52. The molecule has 0 saturated carbocycles. The number of aliphatic hydroxyl groups excluding tert-OH is 2. The van der Waals surface area contributed by atoms with Crippen molar-refractivity contribution in [2.75, 3.05) is 13.5 Å². The van der Waals surface area contributed by atoms with E-state index in [-0.39, 0.29) is 25.3 Å². The summed E-state index contributed by atoms with van der Waals surface area (Å²) in [5, 5.41) is 20.2. The van der Waals surface area contributed by atoms with Gasteiger partial charge in [0, 0.05) is 0 Å². The minimum atomic E-state index is -0.359. The van der Waals surface area contributed by atoms with Gasteiger partial charge in [0.25, 0.3) is 0 Å². The van der Waals surface area contributed by atoms with E-state index in [1.165, 1.54) is 0 Å². The molecule has 0 aromatic carbocycles. The van der Waals surface area contributed by atoms with Gasteiger partial charge in [0.05, 0.1) is 0 Å². The van der Waals surface area contributed by atoms with Crippen LogP contribution in [0, 0.1) is 0 Å². The zero-order valence-electron chi connectivity index (χ0n) is 7.69. The number of carbonyl (C=O) groups is 2. The molecule has 6 nitrogen and oxygen atoms in total. The van der Waals surface area contributed by atoms with Gasteiger partial charge in [-0.3, -0.25) is 9.59 Å². The molecule has 0 heterocycles. The molecule has 0 aromatic rings. The van der Waals surface area contributed by atoms with Gasteiger partial charge in [-0.15, -0.1) is 0 Å². The summed E-state index contributed by atoms with van der Waals surface area (Å²) in [7, 11) is 0. The highest BCUT2D eigenvalue weighted by molar-refractivity contribution is 5.86. The smallest absolute Gasteiger partial charge is 0.245 e. The first-order chi connectivity index (χ1) is 6.62. The highest BCUT2D eigenvalue weighted by Gasteiger charge is 1.85. The van der Waals surface area contributed by atoms with Crippen molar-refractivity contribution >= 4 is 11.8 Å². The van der Waals surface area contributed by atoms with Crippen LogP contribution in [0.15, 0.2) is 25.3 Å². The Morgan fingerprint density at radius 3 is 1.36 bits per heavy atom. The second-order valence-corrected chi connectivity index (χ2v) is 1.81. The Kier molecular flexibility index (Phi) is 12.0. The maximum Gasteiger partial charge on any atom is 0.245 e. The monoisotopic (exact) mass is 202 g/mol. The summed E-state index contributed by atoms with van der Waals surface area (Å²) in [5.74, 6) is -0.718. The molecule has 0 unspecified atom stereocenters. The zero-order valence-corrected chi connectivity index (χ0v) is 7.69. The molecule has 80 valence electrons. The molecule has 0 bridgehead atoms. The van der Waals surface area contributed by atoms with Gasteiger partial charge >= 0.3 is 0 Å². The third kappa shape index (κ3) is 13.0. The molecule has 0 rings (SSSR count). The predicted molar refractivity (Wildman–Crippen MR) is 50.9 cm³/mol. The fourth-order valence-electron chi connectivity index (χ4n) is 0.300. The van der Waals surface area contributed by atoms with E-state index in [1.807, 2.05) is 0 Å². The second-order valence-electron chi connectivity index (χ2n) is 1.81. The molecule has 2 amide bonds. The minimum Gasteiger partial charge on any atom is -0.376 e. The summed E-state index contributed by atoms with van der Waals surface area (Å²) < 4.78 is 0. The molecule has 4 N–H and O–H groups in total. The lowest BCUT2D eigenvalue weighted by atomic mass is 10.6. The number of hydrogen-bond acceptors (Lipinski definition) is 4. The average molecular weight is 202 g/mol.